The Bertz CT molecular complexity index is 317. The van der Waals surface area contributed by atoms with Crippen LogP contribution in [0.1, 0.15) is 12.0 Å². The minimum atomic E-state index is 0.792. The lowest BCUT2D eigenvalue weighted by Gasteiger charge is -2.18. The molecule has 0 spiro atoms. The third-order valence-electron chi connectivity index (χ3n) is 2.27. The van der Waals surface area contributed by atoms with Crippen LogP contribution in [0, 0.1) is 6.92 Å². The Balaban J connectivity index is 2.57. The van der Waals surface area contributed by atoms with Crippen LogP contribution in [0.25, 0.3) is 0 Å². The molecule has 1 rings (SSSR count). The number of rotatable bonds is 5. The third-order valence-corrected chi connectivity index (χ3v) is 3.10. The summed E-state index contributed by atoms with van der Waals surface area (Å²) in [4.78, 5) is 6.49. The van der Waals surface area contributed by atoms with Gasteiger partial charge in [-0.3, -0.25) is 0 Å². The first kappa shape index (κ1) is 12.5. The van der Waals surface area contributed by atoms with E-state index in [2.05, 4.69) is 38.8 Å². The number of methoxy groups -OCH3 is 1. The number of nitrogens with zero attached hydrogens (tertiary/aromatic N) is 2. The molecule has 0 saturated heterocycles. The summed E-state index contributed by atoms with van der Waals surface area (Å²) in [5.74, 6) is 1.01. The number of anilines is 1. The number of hydrogen-bond donors (Lipinski definition) is 0. The van der Waals surface area contributed by atoms with Gasteiger partial charge in [-0.05, 0) is 40.9 Å². The van der Waals surface area contributed by atoms with Crippen molar-refractivity contribution in [3.8, 4) is 0 Å². The van der Waals surface area contributed by atoms with Gasteiger partial charge >= 0.3 is 0 Å². The van der Waals surface area contributed by atoms with E-state index in [1.165, 1.54) is 5.56 Å². The van der Waals surface area contributed by atoms with Gasteiger partial charge in [0.2, 0.25) is 0 Å². The highest BCUT2D eigenvalue weighted by Gasteiger charge is 2.03. The van der Waals surface area contributed by atoms with Crippen molar-refractivity contribution < 1.29 is 4.74 Å². The maximum Gasteiger partial charge on any atom is 0.128 e. The molecule has 0 saturated carbocycles. The summed E-state index contributed by atoms with van der Waals surface area (Å²) in [6, 6.07) is 2.08. The molecular formula is C11H17BrN2O. The molecule has 1 aromatic rings. The largest absolute Gasteiger partial charge is 0.385 e. The Hall–Kier alpha value is -0.610. The molecule has 0 aliphatic rings. The van der Waals surface area contributed by atoms with Crippen LogP contribution in [-0.2, 0) is 4.74 Å². The molecule has 0 aliphatic heterocycles. The van der Waals surface area contributed by atoms with Gasteiger partial charge in [0.25, 0.3) is 0 Å². The molecule has 0 radical (unpaired) electrons. The van der Waals surface area contributed by atoms with Crippen molar-refractivity contribution in [2.24, 2.45) is 0 Å². The molecular weight excluding hydrogens is 256 g/mol. The Kier molecular flexibility index (Phi) is 5.05. The van der Waals surface area contributed by atoms with E-state index >= 15 is 0 Å². The molecule has 0 unspecified atom stereocenters. The molecule has 4 heteroatoms. The van der Waals surface area contributed by atoms with Gasteiger partial charge < -0.3 is 9.64 Å². The van der Waals surface area contributed by atoms with E-state index < -0.39 is 0 Å². The predicted octanol–water partition coefficient (Wildman–Crippen LogP) is 2.63. The van der Waals surface area contributed by atoms with E-state index in [0.29, 0.717) is 0 Å². The van der Waals surface area contributed by atoms with Gasteiger partial charge in [-0.1, -0.05) is 0 Å². The van der Waals surface area contributed by atoms with Crippen molar-refractivity contribution in [1.29, 1.82) is 0 Å². The summed E-state index contributed by atoms with van der Waals surface area (Å²) < 4.78 is 6.07. The van der Waals surface area contributed by atoms with Crippen LogP contribution in [0.2, 0.25) is 0 Å². The molecule has 0 bridgehead atoms. The molecule has 0 aliphatic carbocycles. The fourth-order valence-electron chi connectivity index (χ4n) is 1.29. The Morgan fingerprint density at radius 1 is 1.53 bits per heavy atom. The molecule has 84 valence electrons. The standard InChI is InChI=1S/C11H17BrN2O/c1-9-7-11(13-8-10(9)12)14(2)5-4-6-15-3/h7-8H,4-6H2,1-3H3. The van der Waals surface area contributed by atoms with Gasteiger partial charge in [0, 0.05) is 38.0 Å². The number of pyridine rings is 1. The molecule has 0 fully saturated rings. The zero-order valence-corrected chi connectivity index (χ0v) is 11.0. The molecule has 3 nitrogen and oxygen atoms in total. The highest BCUT2D eigenvalue weighted by Crippen LogP contribution is 2.19. The summed E-state index contributed by atoms with van der Waals surface area (Å²) in [6.07, 6.45) is 2.86. The minimum Gasteiger partial charge on any atom is -0.385 e. The number of aromatic nitrogens is 1. The average molecular weight is 273 g/mol. The predicted molar refractivity (Wildman–Crippen MR) is 66.4 cm³/mol. The van der Waals surface area contributed by atoms with Crippen molar-refractivity contribution in [2.45, 2.75) is 13.3 Å². The van der Waals surface area contributed by atoms with Crippen LogP contribution in [0.5, 0.6) is 0 Å². The number of hydrogen-bond acceptors (Lipinski definition) is 3. The number of halogens is 1. The molecule has 0 N–H and O–H groups in total. The molecule has 15 heavy (non-hydrogen) atoms. The van der Waals surface area contributed by atoms with Crippen molar-refractivity contribution in [2.75, 3.05) is 32.2 Å². The Labute approximate surface area is 99.6 Å². The summed E-state index contributed by atoms with van der Waals surface area (Å²) in [7, 11) is 3.77. The Morgan fingerprint density at radius 2 is 2.27 bits per heavy atom. The lowest BCUT2D eigenvalue weighted by atomic mass is 10.3. The van der Waals surface area contributed by atoms with Gasteiger partial charge in [-0.25, -0.2) is 4.98 Å². The number of aryl methyl sites for hydroxylation is 1. The van der Waals surface area contributed by atoms with Crippen molar-refractivity contribution in [1.82, 2.24) is 4.98 Å². The first-order valence-corrected chi connectivity index (χ1v) is 5.76. The summed E-state index contributed by atoms with van der Waals surface area (Å²) >= 11 is 3.44. The maximum atomic E-state index is 5.02. The van der Waals surface area contributed by atoms with E-state index in [-0.39, 0.29) is 0 Å². The van der Waals surface area contributed by atoms with E-state index in [0.717, 1.165) is 29.9 Å². The molecule has 0 atom stereocenters. The van der Waals surface area contributed by atoms with Crippen LogP contribution < -0.4 is 4.90 Å². The lowest BCUT2D eigenvalue weighted by molar-refractivity contribution is 0.196. The normalized spacial score (nSPS) is 10.4. The Morgan fingerprint density at radius 3 is 2.87 bits per heavy atom. The van der Waals surface area contributed by atoms with Crippen molar-refractivity contribution in [3.05, 3.63) is 22.3 Å². The van der Waals surface area contributed by atoms with Crippen molar-refractivity contribution >= 4 is 21.7 Å². The van der Waals surface area contributed by atoms with Crippen LogP contribution in [0.15, 0.2) is 16.7 Å². The first-order chi connectivity index (χ1) is 7.15. The second-order valence-electron chi connectivity index (χ2n) is 3.56. The van der Waals surface area contributed by atoms with Crippen LogP contribution in [0.4, 0.5) is 5.82 Å². The summed E-state index contributed by atoms with van der Waals surface area (Å²) in [5, 5.41) is 0. The highest BCUT2D eigenvalue weighted by molar-refractivity contribution is 9.10. The highest BCUT2D eigenvalue weighted by atomic mass is 79.9. The fraction of sp³-hybridized carbons (Fsp3) is 0.545. The summed E-state index contributed by atoms with van der Waals surface area (Å²) in [5.41, 5.74) is 1.21. The third kappa shape index (κ3) is 3.80. The first-order valence-electron chi connectivity index (χ1n) is 4.97. The zero-order valence-electron chi connectivity index (χ0n) is 9.46. The van der Waals surface area contributed by atoms with E-state index in [4.69, 9.17) is 4.74 Å². The topological polar surface area (TPSA) is 25.4 Å². The van der Waals surface area contributed by atoms with E-state index in [9.17, 15) is 0 Å². The van der Waals surface area contributed by atoms with E-state index in [1.54, 1.807) is 7.11 Å². The van der Waals surface area contributed by atoms with Crippen LogP contribution in [0.3, 0.4) is 0 Å². The van der Waals surface area contributed by atoms with Crippen LogP contribution >= 0.6 is 15.9 Å². The van der Waals surface area contributed by atoms with Gasteiger partial charge in [-0.15, -0.1) is 0 Å². The molecule has 1 heterocycles. The summed E-state index contributed by atoms with van der Waals surface area (Å²) in [6.45, 7) is 3.82. The number of ether oxygens (including phenoxy) is 1. The smallest absolute Gasteiger partial charge is 0.128 e. The van der Waals surface area contributed by atoms with Gasteiger partial charge in [0.05, 0.1) is 0 Å². The van der Waals surface area contributed by atoms with Crippen molar-refractivity contribution in [3.63, 3.8) is 0 Å². The van der Waals surface area contributed by atoms with Gasteiger partial charge in [0.15, 0.2) is 0 Å². The average Bonchev–Trinajstić information content (AvgIpc) is 2.22. The maximum absolute atomic E-state index is 5.02. The monoisotopic (exact) mass is 272 g/mol. The second-order valence-corrected chi connectivity index (χ2v) is 4.41. The van der Waals surface area contributed by atoms with Gasteiger partial charge in [0.1, 0.15) is 5.82 Å². The molecule has 0 aromatic carbocycles. The van der Waals surface area contributed by atoms with Gasteiger partial charge in [-0.2, -0.15) is 0 Å². The lowest BCUT2D eigenvalue weighted by Crippen LogP contribution is -2.20. The quantitative estimate of drug-likeness (QED) is 0.771. The van der Waals surface area contributed by atoms with E-state index in [1.807, 2.05) is 13.2 Å². The molecule has 0 amide bonds. The van der Waals surface area contributed by atoms with Crippen LogP contribution in [-0.4, -0.2) is 32.3 Å². The minimum absolute atomic E-state index is 0.792. The second kappa shape index (κ2) is 6.08. The fourth-order valence-corrected chi connectivity index (χ4v) is 1.51. The SMILES string of the molecule is COCCCN(C)c1cc(C)c(Br)cn1. The zero-order chi connectivity index (χ0) is 11.3. The molecule has 1 aromatic heterocycles.